The fourth-order valence-corrected chi connectivity index (χ4v) is 3.72. The van der Waals surface area contributed by atoms with Crippen LogP contribution in [0.1, 0.15) is 84.9 Å². The predicted octanol–water partition coefficient (Wildman–Crippen LogP) is 4.88. The Morgan fingerprint density at radius 1 is 1.23 bits per heavy atom. The molecule has 1 atom stereocenters. The largest absolute Gasteiger partial charge is 0.487 e. The van der Waals surface area contributed by atoms with Crippen molar-refractivity contribution in [2.24, 2.45) is 0 Å². The number of aldehydes is 1. The minimum Gasteiger partial charge on any atom is -0.487 e. The van der Waals surface area contributed by atoms with E-state index in [1.807, 2.05) is 13.0 Å². The van der Waals surface area contributed by atoms with Gasteiger partial charge < -0.3 is 14.3 Å². The Kier molecular flexibility index (Phi) is 5.29. The molecule has 0 saturated heterocycles. The second-order valence-electron chi connectivity index (χ2n) is 9.63. The van der Waals surface area contributed by atoms with Crippen LogP contribution in [0.4, 0.5) is 0 Å². The third kappa shape index (κ3) is 4.11. The van der Waals surface area contributed by atoms with Crippen LogP contribution in [-0.2, 0) is 26.8 Å². The Balaban J connectivity index is 2.73. The Bertz CT molecular complexity index is 719. The van der Waals surface area contributed by atoms with Crippen molar-refractivity contribution in [2.75, 3.05) is 0 Å². The van der Waals surface area contributed by atoms with Gasteiger partial charge in [-0.2, -0.15) is 0 Å². The molecule has 1 aliphatic rings. The monoisotopic (exact) mass is 360 g/mol. The van der Waals surface area contributed by atoms with Crippen molar-refractivity contribution in [2.45, 2.75) is 91.1 Å². The number of hydrogen-bond donors (Lipinski definition) is 0. The zero-order valence-electron chi connectivity index (χ0n) is 17.4. The van der Waals surface area contributed by atoms with Crippen molar-refractivity contribution in [3.63, 3.8) is 0 Å². The summed E-state index contributed by atoms with van der Waals surface area (Å²) in [6.45, 7) is 16.2. The molecule has 0 amide bonds. The molecule has 0 aromatic heterocycles. The molecule has 0 fully saturated rings. The van der Waals surface area contributed by atoms with Gasteiger partial charge in [0.2, 0.25) is 0 Å². The number of esters is 1. The van der Waals surface area contributed by atoms with E-state index >= 15 is 0 Å². The molecular formula is C22H32O4. The van der Waals surface area contributed by atoms with Crippen molar-refractivity contribution >= 4 is 12.3 Å². The first-order chi connectivity index (χ1) is 11.8. The molecule has 1 aromatic rings. The first-order valence-corrected chi connectivity index (χ1v) is 9.30. The van der Waals surface area contributed by atoms with Gasteiger partial charge in [0.05, 0.1) is 0 Å². The van der Waals surface area contributed by atoms with Gasteiger partial charge in [-0.25, -0.2) is 0 Å². The summed E-state index contributed by atoms with van der Waals surface area (Å²) >= 11 is 0. The summed E-state index contributed by atoms with van der Waals surface area (Å²) in [6, 6.07) is 2.02. The van der Waals surface area contributed by atoms with Crippen molar-refractivity contribution in [1.29, 1.82) is 0 Å². The lowest BCUT2D eigenvalue weighted by Gasteiger charge is -2.30. The Morgan fingerprint density at radius 2 is 1.85 bits per heavy atom. The summed E-state index contributed by atoms with van der Waals surface area (Å²) in [5.41, 5.74) is 2.27. The Labute approximate surface area is 157 Å². The zero-order valence-corrected chi connectivity index (χ0v) is 17.4. The van der Waals surface area contributed by atoms with E-state index in [1.165, 1.54) is 6.92 Å². The highest BCUT2D eigenvalue weighted by molar-refractivity contribution is 5.73. The maximum Gasteiger partial charge on any atom is 0.308 e. The van der Waals surface area contributed by atoms with Crippen molar-refractivity contribution in [3.05, 3.63) is 22.8 Å². The lowest BCUT2D eigenvalue weighted by Crippen LogP contribution is -2.30. The SMILES string of the molecule is CC(=O)Oc1c(C(C)(C)C)cc2c(c1C(C)(C)C)CC(C)(CCC=O)O2. The van der Waals surface area contributed by atoms with Crippen LogP contribution in [0, 0.1) is 0 Å². The van der Waals surface area contributed by atoms with Gasteiger partial charge in [0.15, 0.2) is 0 Å². The highest BCUT2D eigenvalue weighted by Gasteiger charge is 2.41. The summed E-state index contributed by atoms with van der Waals surface area (Å²) < 4.78 is 12.1. The van der Waals surface area contributed by atoms with Gasteiger partial charge in [-0.15, -0.1) is 0 Å². The number of carbonyl (C=O) groups is 2. The van der Waals surface area contributed by atoms with Gasteiger partial charge in [-0.05, 0) is 30.2 Å². The normalized spacial score (nSPS) is 19.7. The second kappa shape index (κ2) is 6.71. The molecule has 0 bridgehead atoms. The lowest BCUT2D eigenvalue weighted by atomic mass is 9.75. The average Bonchev–Trinajstić information content (AvgIpc) is 2.77. The van der Waals surface area contributed by atoms with E-state index in [0.29, 0.717) is 25.0 Å². The van der Waals surface area contributed by atoms with E-state index in [4.69, 9.17) is 9.47 Å². The number of fused-ring (bicyclic) bond motifs is 1. The predicted molar refractivity (Wildman–Crippen MR) is 103 cm³/mol. The molecule has 0 saturated carbocycles. The van der Waals surface area contributed by atoms with Gasteiger partial charge in [0.25, 0.3) is 0 Å². The van der Waals surface area contributed by atoms with E-state index in [1.54, 1.807) is 0 Å². The summed E-state index contributed by atoms with van der Waals surface area (Å²) in [5.74, 6) is 1.20. The number of hydrogen-bond acceptors (Lipinski definition) is 4. The van der Waals surface area contributed by atoms with Crippen LogP contribution in [0.2, 0.25) is 0 Å². The fourth-order valence-electron chi connectivity index (χ4n) is 3.72. The summed E-state index contributed by atoms with van der Waals surface area (Å²) in [5, 5.41) is 0. The quantitative estimate of drug-likeness (QED) is 0.436. The number of ether oxygens (including phenoxy) is 2. The fraction of sp³-hybridized carbons (Fsp3) is 0.636. The molecule has 1 aromatic carbocycles. The van der Waals surface area contributed by atoms with Gasteiger partial charge in [0.1, 0.15) is 23.4 Å². The standard InChI is InChI=1S/C22H32O4/c1-14(24)25-19-16(20(2,3)4)12-17-15(18(19)21(5,6)7)13-22(8,26-17)10-9-11-23/h11-12H,9-10,13H2,1-8H3. The highest BCUT2D eigenvalue weighted by atomic mass is 16.5. The van der Waals surface area contributed by atoms with E-state index in [-0.39, 0.29) is 16.8 Å². The maximum atomic E-state index is 11.8. The van der Waals surface area contributed by atoms with E-state index < -0.39 is 5.60 Å². The molecule has 26 heavy (non-hydrogen) atoms. The van der Waals surface area contributed by atoms with Crippen LogP contribution in [-0.4, -0.2) is 17.9 Å². The molecule has 0 spiro atoms. The third-order valence-corrected chi connectivity index (χ3v) is 4.85. The molecule has 144 valence electrons. The molecule has 0 radical (unpaired) electrons. The molecule has 1 heterocycles. The van der Waals surface area contributed by atoms with Crippen molar-refractivity contribution in [1.82, 2.24) is 0 Å². The van der Waals surface area contributed by atoms with Crippen molar-refractivity contribution in [3.8, 4) is 11.5 Å². The summed E-state index contributed by atoms with van der Waals surface area (Å²) in [6.07, 6.45) is 2.79. The summed E-state index contributed by atoms with van der Waals surface area (Å²) in [7, 11) is 0. The van der Waals surface area contributed by atoms with Crippen LogP contribution in [0.15, 0.2) is 6.07 Å². The number of rotatable bonds is 4. The average molecular weight is 360 g/mol. The molecule has 0 aliphatic carbocycles. The van der Waals surface area contributed by atoms with E-state index in [9.17, 15) is 9.59 Å². The van der Waals surface area contributed by atoms with Crippen LogP contribution in [0.5, 0.6) is 11.5 Å². The lowest BCUT2D eigenvalue weighted by molar-refractivity contribution is -0.132. The van der Waals surface area contributed by atoms with E-state index in [2.05, 4.69) is 41.5 Å². The smallest absolute Gasteiger partial charge is 0.308 e. The van der Waals surface area contributed by atoms with Crippen LogP contribution in [0.3, 0.4) is 0 Å². The van der Waals surface area contributed by atoms with Gasteiger partial charge in [-0.3, -0.25) is 4.79 Å². The van der Waals surface area contributed by atoms with E-state index in [0.717, 1.165) is 28.7 Å². The first kappa shape index (κ1) is 20.5. The van der Waals surface area contributed by atoms with Gasteiger partial charge >= 0.3 is 5.97 Å². The van der Waals surface area contributed by atoms with Crippen LogP contribution >= 0.6 is 0 Å². The van der Waals surface area contributed by atoms with Crippen molar-refractivity contribution < 1.29 is 19.1 Å². The number of benzene rings is 1. The molecular weight excluding hydrogens is 328 g/mol. The molecule has 1 aliphatic heterocycles. The third-order valence-electron chi connectivity index (χ3n) is 4.85. The number of carbonyl (C=O) groups excluding carboxylic acids is 2. The zero-order chi connectivity index (χ0) is 19.9. The molecule has 2 rings (SSSR count). The molecule has 1 unspecified atom stereocenters. The topological polar surface area (TPSA) is 52.6 Å². The first-order valence-electron chi connectivity index (χ1n) is 9.30. The molecule has 4 heteroatoms. The molecule has 4 nitrogen and oxygen atoms in total. The highest BCUT2D eigenvalue weighted by Crippen LogP contribution is 2.50. The minimum absolute atomic E-state index is 0.203. The van der Waals surface area contributed by atoms with Crippen LogP contribution < -0.4 is 9.47 Å². The van der Waals surface area contributed by atoms with Gasteiger partial charge in [0, 0.05) is 36.5 Å². The maximum absolute atomic E-state index is 11.8. The second-order valence-corrected chi connectivity index (χ2v) is 9.63. The summed E-state index contributed by atoms with van der Waals surface area (Å²) in [4.78, 5) is 22.7. The van der Waals surface area contributed by atoms with Crippen LogP contribution in [0.25, 0.3) is 0 Å². The van der Waals surface area contributed by atoms with Gasteiger partial charge in [-0.1, -0.05) is 41.5 Å². The minimum atomic E-state index is -0.409. The Hall–Kier alpha value is -1.84. The molecule has 0 N–H and O–H groups in total. The Morgan fingerprint density at radius 3 is 2.31 bits per heavy atom.